The molecule has 1 heterocycles. The largest absolute Gasteiger partial charge is 0.455 e. The monoisotopic (exact) mass is 460 g/mol. The molecule has 0 radical (unpaired) electrons. The summed E-state index contributed by atoms with van der Waals surface area (Å²) in [6, 6.07) is 14.7. The highest BCUT2D eigenvalue weighted by Gasteiger charge is 2.24. The Hall–Kier alpha value is -2.27. The molecule has 154 valence electrons. The Bertz CT molecular complexity index is 1080. The number of carbonyl (C=O) groups excluding carboxylic acids is 1. The van der Waals surface area contributed by atoms with Gasteiger partial charge in [-0.1, -0.05) is 53.0 Å². The summed E-state index contributed by atoms with van der Waals surface area (Å²) in [7, 11) is 0. The summed E-state index contributed by atoms with van der Waals surface area (Å²) in [5.41, 5.74) is 2.48. The summed E-state index contributed by atoms with van der Waals surface area (Å²) in [5.74, 6) is 1.34. The first kappa shape index (κ1) is 21.0. The Morgan fingerprint density at radius 1 is 1.10 bits per heavy atom. The molecule has 1 fully saturated rings. The molecule has 1 aromatic heterocycles. The third-order valence-electron chi connectivity index (χ3n) is 4.91. The molecule has 0 bridgehead atoms. The summed E-state index contributed by atoms with van der Waals surface area (Å²) in [6.45, 7) is 0.400. The third kappa shape index (κ3) is 5.25. The van der Waals surface area contributed by atoms with Crippen LogP contribution in [0.4, 0.5) is 0 Å². The second kappa shape index (κ2) is 9.25. The number of nitrogens with zero attached hydrogens (tertiary/aromatic N) is 1. The molecule has 0 unspecified atom stereocenters. The second-order valence-corrected chi connectivity index (χ2v) is 8.42. The van der Waals surface area contributed by atoms with E-state index in [1.165, 1.54) is 30.7 Å². The predicted molar refractivity (Wildman–Crippen MR) is 120 cm³/mol. The van der Waals surface area contributed by atoms with Crippen molar-refractivity contribution >= 4 is 40.7 Å². The van der Waals surface area contributed by atoms with Crippen molar-refractivity contribution in [2.75, 3.05) is 6.54 Å². The number of pyridine rings is 1. The first-order valence-electron chi connectivity index (χ1n) is 9.65. The zero-order chi connectivity index (χ0) is 21.1. The van der Waals surface area contributed by atoms with E-state index in [2.05, 4.69) is 16.4 Å². The lowest BCUT2D eigenvalue weighted by atomic mass is 10.1. The van der Waals surface area contributed by atoms with E-state index in [1.54, 1.807) is 12.1 Å². The molecule has 1 aliphatic rings. The summed E-state index contributed by atoms with van der Waals surface area (Å²) < 4.78 is 5.98. The van der Waals surface area contributed by atoms with Gasteiger partial charge in [0.25, 0.3) is 5.91 Å². The van der Waals surface area contributed by atoms with Gasteiger partial charge in [-0.25, -0.2) is 4.98 Å². The van der Waals surface area contributed by atoms with E-state index >= 15 is 0 Å². The molecule has 30 heavy (non-hydrogen) atoms. The molecule has 7 heteroatoms. The van der Waals surface area contributed by atoms with Gasteiger partial charge in [-0.2, -0.15) is 0 Å². The first-order chi connectivity index (χ1) is 14.5. The lowest BCUT2D eigenvalue weighted by Crippen LogP contribution is -2.26. The van der Waals surface area contributed by atoms with Crippen molar-refractivity contribution in [3.05, 3.63) is 86.6 Å². The highest BCUT2D eigenvalue weighted by Crippen LogP contribution is 2.41. The van der Waals surface area contributed by atoms with Crippen LogP contribution < -0.4 is 10.1 Å². The number of halogens is 3. The molecule has 0 aliphatic heterocycles. The minimum atomic E-state index is -0.294. The molecule has 3 aromatic rings. The minimum absolute atomic E-state index is 0.222. The van der Waals surface area contributed by atoms with Crippen molar-refractivity contribution in [3.63, 3.8) is 0 Å². The van der Waals surface area contributed by atoms with Gasteiger partial charge in [0.15, 0.2) is 5.75 Å². The number of nitrogens with one attached hydrogen (secondary N) is 1. The Kier molecular flexibility index (Phi) is 6.47. The molecule has 1 saturated carbocycles. The van der Waals surface area contributed by atoms with Crippen LogP contribution >= 0.6 is 34.8 Å². The quantitative estimate of drug-likeness (QED) is 0.399. The predicted octanol–water partition coefficient (Wildman–Crippen LogP) is 6.68. The average molecular weight is 462 g/mol. The number of rotatable bonds is 7. The van der Waals surface area contributed by atoms with Crippen LogP contribution in [0, 0.1) is 0 Å². The van der Waals surface area contributed by atoms with E-state index in [4.69, 9.17) is 39.5 Å². The summed E-state index contributed by atoms with van der Waals surface area (Å²) in [4.78, 5) is 16.9. The molecule has 4 nitrogen and oxygen atoms in total. The molecule has 1 aliphatic carbocycles. The summed E-state index contributed by atoms with van der Waals surface area (Å²) >= 11 is 18.1. The van der Waals surface area contributed by atoms with Gasteiger partial charge in [0.2, 0.25) is 0 Å². The molecule has 1 amide bonds. The van der Waals surface area contributed by atoms with Gasteiger partial charge in [-0.3, -0.25) is 4.79 Å². The molecule has 4 rings (SSSR count). The van der Waals surface area contributed by atoms with Crippen LogP contribution in [0.1, 0.15) is 40.2 Å². The fraction of sp³-hybridized carbons (Fsp3) is 0.217. The number of amides is 1. The van der Waals surface area contributed by atoms with Gasteiger partial charge < -0.3 is 10.1 Å². The SMILES string of the molecule is O=C(NCCc1ccc(Cl)cc1Cl)c1cc(Cl)ncc1Oc1cccc(C2CC2)c1. The maximum absolute atomic E-state index is 12.8. The number of hydrogen-bond donors (Lipinski definition) is 1. The number of ether oxygens (including phenoxy) is 1. The van der Waals surface area contributed by atoms with Crippen LogP contribution in [-0.2, 0) is 6.42 Å². The van der Waals surface area contributed by atoms with E-state index in [0.717, 1.165) is 5.56 Å². The Balaban J connectivity index is 1.45. The number of carbonyl (C=O) groups is 1. The van der Waals surface area contributed by atoms with Crippen LogP contribution in [0.3, 0.4) is 0 Å². The zero-order valence-electron chi connectivity index (χ0n) is 16.0. The highest BCUT2D eigenvalue weighted by molar-refractivity contribution is 6.35. The zero-order valence-corrected chi connectivity index (χ0v) is 18.3. The highest BCUT2D eigenvalue weighted by atomic mass is 35.5. The van der Waals surface area contributed by atoms with E-state index in [1.807, 2.05) is 24.3 Å². The van der Waals surface area contributed by atoms with Crippen molar-refractivity contribution in [1.82, 2.24) is 10.3 Å². The Morgan fingerprint density at radius 2 is 1.93 bits per heavy atom. The minimum Gasteiger partial charge on any atom is -0.455 e. The fourth-order valence-electron chi connectivity index (χ4n) is 3.18. The fourth-order valence-corrected chi connectivity index (χ4v) is 3.84. The van der Waals surface area contributed by atoms with Crippen LogP contribution in [-0.4, -0.2) is 17.4 Å². The van der Waals surface area contributed by atoms with Crippen LogP contribution in [0.5, 0.6) is 11.5 Å². The Morgan fingerprint density at radius 3 is 2.70 bits per heavy atom. The van der Waals surface area contributed by atoms with E-state index in [0.29, 0.717) is 46.0 Å². The Labute approximate surface area is 190 Å². The normalized spacial score (nSPS) is 13.2. The number of hydrogen-bond acceptors (Lipinski definition) is 3. The average Bonchev–Trinajstić information content (AvgIpc) is 3.56. The molecule has 2 aromatic carbocycles. The molecule has 1 N–H and O–H groups in total. The lowest BCUT2D eigenvalue weighted by Gasteiger charge is -2.12. The van der Waals surface area contributed by atoms with Crippen molar-refractivity contribution in [1.29, 1.82) is 0 Å². The molecule has 0 saturated heterocycles. The van der Waals surface area contributed by atoms with Gasteiger partial charge in [0, 0.05) is 16.6 Å². The van der Waals surface area contributed by atoms with Gasteiger partial charge in [-0.05, 0) is 66.6 Å². The van der Waals surface area contributed by atoms with Crippen molar-refractivity contribution in [3.8, 4) is 11.5 Å². The third-order valence-corrected chi connectivity index (χ3v) is 5.70. The van der Waals surface area contributed by atoms with Gasteiger partial charge in [-0.15, -0.1) is 0 Å². The maximum atomic E-state index is 12.8. The summed E-state index contributed by atoms with van der Waals surface area (Å²) in [6.07, 6.45) is 4.45. The maximum Gasteiger partial charge on any atom is 0.255 e. The van der Waals surface area contributed by atoms with Crippen molar-refractivity contribution in [2.24, 2.45) is 0 Å². The second-order valence-electron chi connectivity index (χ2n) is 7.19. The van der Waals surface area contributed by atoms with Crippen LogP contribution in [0.25, 0.3) is 0 Å². The van der Waals surface area contributed by atoms with Crippen molar-refractivity contribution < 1.29 is 9.53 Å². The van der Waals surface area contributed by atoms with E-state index in [9.17, 15) is 4.79 Å². The van der Waals surface area contributed by atoms with Gasteiger partial charge in [0.05, 0.1) is 11.8 Å². The van der Waals surface area contributed by atoms with E-state index < -0.39 is 0 Å². The summed E-state index contributed by atoms with van der Waals surface area (Å²) in [5, 5.41) is 4.26. The molecular weight excluding hydrogens is 443 g/mol. The standard InChI is InChI=1S/C23H19Cl3N2O2/c24-17-7-6-15(20(25)11-17)8-9-27-23(29)19-12-22(26)28-13-21(19)30-18-3-1-2-16(10-18)14-4-5-14/h1-3,6-7,10-14H,4-5,8-9H2,(H,27,29). The van der Waals surface area contributed by atoms with E-state index in [-0.39, 0.29) is 11.1 Å². The molecule has 0 atom stereocenters. The molecule has 0 spiro atoms. The lowest BCUT2D eigenvalue weighted by molar-refractivity contribution is 0.0951. The van der Waals surface area contributed by atoms with Gasteiger partial charge in [0.1, 0.15) is 10.9 Å². The number of aromatic nitrogens is 1. The molecular formula is C23H19Cl3N2O2. The number of benzene rings is 2. The van der Waals surface area contributed by atoms with Gasteiger partial charge >= 0.3 is 0 Å². The van der Waals surface area contributed by atoms with Crippen LogP contribution in [0.15, 0.2) is 54.7 Å². The first-order valence-corrected chi connectivity index (χ1v) is 10.8. The smallest absolute Gasteiger partial charge is 0.255 e. The van der Waals surface area contributed by atoms with Crippen LogP contribution in [0.2, 0.25) is 15.2 Å². The topological polar surface area (TPSA) is 51.2 Å². The van der Waals surface area contributed by atoms with Crippen molar-refractivity contribution in [2.45, 2.75) is 25.2 Å².